The van der Waals surface area contributed by atoms with E-state index in [1.54, 1.807) is 6.07 Å². The van der Waals surface area contributed by atoms with E-state index in [4.69, 9.17) is 5.73 Å². The number of benzene rings is 1. The molecule has 0 spiro atoms. The Hall–Kier alpha value is -1.20. The predicted octanol–water partition coefficient (Wildman–Crippen LogP) is 3.61. The lowest BCUT2D eigenvalue weighted by atomic mass is 10.0. The summed E-state index contributed by atoms with van der Waals surface area (Å²) in [7, 11) is 0. The van der Waals surface area contributed by atoms with E-state index in [0.717, 1.165) is 29.9 Å². The van der Waals surface area contributed by atoms with Crippen LogP contribution in [0.25, 0.3) is 0 Å². The first kappa shape index (κ1) is 15.2. The number of nitrogens with zero attached hydrogens (tertiary/aromatic N) is 2. The van der Waals surface area contributed by atoms with Crippen molar-refractivity contribution in [3.05, 3.63) is 51.5 Å². The van der Waals surface area contributed by atoms with E-state index < -0.39 is 0 Å². The van der Waals surface area contributed by atoms with Gasteiger partial charge in [0.15, 0.2) is 0 Å². The molecule has 108 valence electrons. The number of halogens is 2. The minimum atomic E-state index is -0.281. The summed E-state index contributed by atoms with van der Waals surface area (Å²) in [5, 5.41) is 4.51. The second-order valence-corrected chi connectivity index (χ2v) is 5.63. The molecule has 1 unspecified atom stereocenters. The third-order valence-electron chi connectivity index (χ3n) is 3.38. The molecule has 1 aromatic heterocycles. The van der Waals surface area contributed by atoms with Gasteiger partial charge < -0.3 is 5.73 Å². The Bertz CT molecular complexity index is 595. The normalized spacial score (nSPS) is 12.7. The van der Waals surface area contributed by atoms with Gasteiger partial charge in [-0.15, -0.1) is 0 Å². The maximum absolute atomic E-state index is 13.6. The average molecular weight is 340 g/mol. The van der Waals surface area contributed by atoms with Gasteiger partial charge in [0.05, 0.1) is 10.2 Å². The first-order chi connectivity index (χ1) is 9.55. The summed E-state index contributed by atoms with van der Waals surface area (Å²) in [6.07, 6.45) is 1.56. The smallest absolute Gasteiger partial charge is 0.137 e. The molecule has 0 saturated carbocycles. The van der Waals surface area contributed by atoms with Gasteiger partial charge in [-0.05, 0) is 53.0 Å². The summed E-state index contributed by atoms with van der Waals surface area (Å²) in [4.78, 5) is 0. The van der Waals surface area contributed by atoms with E-state index >= 15 is 0 Å². The van der Waals surface area contributed by atoms with E-state index in [1.807, 2.05) is 10.7 Å². The molecule has 2 aromatic rings. The molecule has 1 heterocycles. The largest absolute Gasteiger partial charge is 0.324 e. The monoisotopic (exact) mass is 339 g/mol. The van der Waals surface area contributed by atoms with Crippen molar-refractivity contribution in [1.29, 1.82) is 0 Å². The van der Waals surface area contributed by atoms with Crippen LogP contribution in [0.3, 0.4) is 0 Å². The van der Waals surface area contributed by atoms with E-state index in [1.165, 1.54) is 6.07 Å². The fraction of sp³-hybridized carbons (Fsp3) is 0.400. The Morgan fingerprint density at radius 3 is 2.70 bits per heavy atom. The summed E-state index contributed by atoms with van der Waals surface area (Å²) >= 11 is 3.15. The van der Waals surface area contributed by atoms with Gasteiger partial charge in [-0.25, -0.2) is 4.39 Å². The van der Waals surface area contributed by atoms with Gasteiger partial charge in [0, 0.05) is 24.7 Å². The van der Waals surface area contributed by atoms with Crippen LogP contribution in [0.2, 0.25) is 0 Å². The van der Waals surface area contributed by atoms with E-state index in [9.17, 15) is 4.39 Å². The molecule has 0 aliphatic heterocycles. The molecule has 2 N–H and O–H groups in total. The van der Waals surface area contributed by atoms with Gasteiger partial charge in [0.2, 0.25) is 0 Å². The number of hydrogen-bond donors (Lipinski definition) is 1. The Balaban J connectivity index is 2.20. The lowest BCUT2D eigenvalue weighted by Gasteiger charge is -2.13. The fourth-order valence-corrected chi connectivity index (χ4v) is 2.46. The molecule has 0 saturated heterocycles. The summed E-state index contributed by atoms with van der Waals surface area (Å²) in [5.74, 6) is -0.281. The molecule has 1 atom stereocenters. The van der Waals surface area contributed by atoms with Crippen molar-refractivity contribution in [1.82, 2.24) is 9.78 Å². The fourth-order valence-electron chi connectivity index (χ4n) is 2.21. The minimum Gasteiger partial charge on any atom is -0.324 e. The van der Waals surface area contributed by atoms with Crippen LogP contribution in [0.5, 0.6) is 0 Å². The quantitative estimate of drug-likeness (QED) is 0.904. The summed E-state index contributed by atoms with van der Waals surface area (Å²) in [5.41, 5.74) is 9.16. The lowest BCUT2D eigenvalue weighted by molar-refractivity contribution is 0.579. The van der Waals surface area contributed by atoms with Crippen LogP contribution in [0, 0.1) is 5.82 Å². The molecule has 0 aliphatic carbocycles. The maximum atomic E-state index is 13.6. The van der Waals surface area contributed by atoms with Crippen molar-refractivity contribution < 1.29 is 4.39 Å². The van der Waals surface area contributed by atoms with E-state index in [-0.39, 0.29) is 11.9 Å². The highest BCUT2D eigenvalue weighted by Crippen LogP contribution is 2.22. The summed E-state index contributed by atoms with van der Waals surface area (Å²) < 4.78 is 16.0. The van der Waals surface area contributed by atoms with Crippen LogP contribution in [0.15, 0.2) is 28.7 Å². The molecule has 0 fully saturated rings. The molecule has 20 heavy (non-hydrogen) atoms. The van der Waals surface area contributed by atoms with Crippen LogP contribution in [0.4, 0.5) is 4.39 Å². The van der Waals surface area contributed by atoms with Crippen LogP contribution >= 0.6 is 15.9 Å². The molecule has 0 radical (unpaired) electrons. The number of rotatable bonds is 5. The van der Waals surface area contributed by atoms with Gasteiger partial charge >= 0.3 is 0 Å². The van der Waals surface area contributed by atoms with Gasteiger partial charge in [-0.1, -0.05) is 13.0 Å². The van der Waals surface area contributed by atoms with E-state index in [2.05, 4.69) is 40.9 Å². The Kier molecular flexibility index (Phi) is 4.94. The molecule has 0 aliphatic rings. The Labute approximate surface area is 127 Å². The summed E-state index contributed by atoms with van der Waals surface area (Å²) in [6, 6.07) is 6.88. The highest BCUT2D eigenvalue weighted by molar-refractivity contribution is 9.10. The van der Waals surface area contributed by atoms with Crippen molar-refractivity contribution in [2.45, 2.75) is 39.3 Å². The Morgan fingerprint density at radius 2 is 2.10 bits per heavy atom. The van der Waals surface area contributed by atoms with Gasteiger partial charge in [-0.2, -0.15) is 5.10 Å². The van der Waals surface area contributed by atoms with Crippen molar-refractivity contribution in [2.75, 3.05) is 0 Å². The summed E-state index contributed by atoms with van der Waals surface area (Å²) in [6.45, 7) is 4.95. The van der Waals surface area contributed by atoms with Crippen molar-refractivity contribution in [3.8, 4) is 0 Å². The molecular formula is C15H19BrFN3. The predicted molar refractivity (Wildman–Crippen MR) is 82.0 cm³/mol. The molecule has 0 amide bonds. The van der Waals surface area contributed by atoms with Crippen LogP contribution in [-0.2, 0) is 19.4 Å². The number of hydrogen-bond acceptors (Lipinski definition) is 2. The zero-order chi connectivity index (χ0) is 14.7. The van der Waals surface area contributed by atoms with Crippen molar-refractivity contribution >= 4 is 15.9 Å². The second kappa shape index (κ2) is 6.50. The van der Waals surface area contributed by atoms with Crippen molar-refractivity contribution in [3.63, 3.8) is 0 Å². The average Bonchev–Trinajstić information content (AvgIpc) is 2.84. The minimum absolute atomic E-state index is 0.232. The van der Waals surface area contributed by atoms with Crippen molar-refractivity contribution in [2.24, 2.45) is 5.73 Å². The van der Waals surface area contributed by atoms with E-state index in [0.29, 0.717) is 10.9 Å². The van der Waals surface area contributed by atoms with Gasteiger partial charge in [0.1, 0.15) is 5.82 Å². The lowest BCUT2D eigenvalue weighted by Crippen LogP contribution is -2.16. The highest BCUT2D eigenvalue weighted by Gasteiger charge is 2.13. The molecule has 0 bridgehead atoms. The molecule has 2 rings (SSSR count). The molecular weight excluding hydrogens is 321 g/mol. The maximum Gasteiger partial charge on any atom is 0.137 e. The van der Waals surface area contributed by atoms with Crippen LogP contribution in [0.1, 0.15) is 36.8 Å². The van der Waals surface area contributed by atoms with Gasteiger partial charge in [0.25, 0.3) is 0 Å². The first-order valence-corrected chi connectivity index (χ1v) is 7.60. The number of nitrogens with two attached hydrogens (primary N) is 1. The standard InChI is InChI=1S/C15H19BrFN3/c1-3-11-8-12(20(4-2)19-11)9-15(18)10-5-6-13(16)14(17)7-10/h5-8,15H,3-4,9,18H2,1-2H3. The third kappa shape index (κ3) is 3.27. The topological polar surface area (TPSA) is 43.8 Å². The zero-order valence-corrected chi connectivity index (χ0v) is 13.3. The SMILES string of the molecule is CCc1cc(CC(N)c2ccc(Br)c(F)c2)n(CC)n1. The molecule has 3 nitrogen and oxygen atoms in total. The first-order valence-electron chi connectivity index (χ1n) is 6.81. The zero-order valence-electron chi connectivity index (χ0n) is 11.7. The second-order valence-electron chi connectivity index (χ2n) is 4.78. The molecule has 1 aromatic carbocycles. The number of aromatic nitrogens is 2. The van der Waals surface area contributed by atoms with Crippen LogP contribution in [-0.4, -0.2) is 9.78 Å². The van der Waals surface area contributed by atoms with Gasteiger partial charge in [-0.3, -0.25) is 4.68 Å². The highest BCUT2D eigenvalue weighted by atomic mass is 79.9. The Morgan fingerprint density at radius 1 is 1.35 bits per heavy atom. The third-order valence-corrected chi connectivity index (χ3v) is 4.02. The van der Waals surface area contributed by atoms with Crippen LogP contribution < -0.4 is 5.73 Å². The number of aryl methyl sites for hydroxylation is 2. The molecule has 5 heteroatoms.